The summed E-state index contributed by atoms with van der Waals surface area (Å²) in [6, 6.07) is 10.2. The Bertz CT molecular complexity index is 567. The van der Waals surface area contributed by atoms with Crippen molar-refractivity contribution in [3.63, 3.8) is 0 Å². The van der Waals surface area contributed by atoms with Crippen molar-refractivity contribution in [3.8, 4) is 5.75 Å². The predicted molar refractivity (Wildman–Crippen MR) is 85.6 cm³/mol. The van der Waals surface area contributed by atoms with Gasteiger partial charge in [-0.05, 0) is 29.7 Å². The van der Waals surface area contributed by atoms with E-state index >= 15 is 0 Å². The Morgan fingerprint density at radius 2 is 1.95 bits per heavy atom. The first kappa shape index (κ1) is 15.6. The van der Waals surface area contributed by atoms with Crippen molar-refractivity contribution in [2.75, 3.05) is 6.54 Å². The molecule has 0 bridgehead atoms. The third-order valence-corrected chi connectivity index (χ3v) is 3.35. The zero-order chi connectivity index (χ0) is 15.3. The molecule has 114 valence electrons. The lowest BCUT2D eigenvalue weighted by atomic mass is 9.86. The van der Waals surface area contributed by atoms with Crippen molar-refractivity contribution in [2.45, 2.75) is 46.3 Å². The van der Waals surface area contributed by atoms with Crippen LogP contribution in [0.3, 0.4) is 0 Å². The normalized spacial score (nSPS) is 11.6. The maximum atomic E-state index is 5.95. The van der Waals surface area contributed by atoms with Crippen molar-refractivity contribution in [3.05, 3.63) is 53.5 Å². The number of hydrogen-bond acceptors (Lipinski definition) is 3. The topological polar surface area (TPSA) is 34.4 Å². The van der Waals surface area contributed by atoms with E-state index in [0.717, 1.165) is 30.2 Å². The average molecular weight is 287 g/mol. The monoisotopic (exact) mass is 287 g/mol. The quantitative estimate of drug-likeness (QED) is 0.861. The van der Waals surface area contributed by atoms with E-state index < -0.39 is 0 Å². The summed E-state index contributed by atoms with van der Waals surface area (Å²) >= 11 is 0. The van der Waals surface area contributed by atoms with E-state index in [-0.39, 0.29) is 5.41 Å². The van der Waals surface area contributed by atoms with Gasteiger partial charge in [0.15, 0.2) is 0 Å². The molecule has 0 saturated heterocycles. The van der Waals surface area contributed by atoms with Crippen LogP contribution in [-0.2, 0) is 18.6 Å². The van der Waals surface area contributed by atoms with Crippen LogP contribution in [0.15, 0.2) is 41.0 Å². The number of ether oxygens (including phenoxy) is 1. The molecule has 0 aliphatic rings. The van der Waals surface area contributed by atoms with Crippen LogP contribution in [0.25, 0.3) is 0 Å². The fourth-order valence-corrected chi connectivity index (χ4v) is 2.22. The second kappa shape index (κ2) is 6.81. The zero-order valence-electron chi connectivity index (χ0n) is 13.4. The van der Waals surface area contributed by atoms with Crippen LogP contribution in [0.1, 0.15) is 44.6 Å². The first-order valence-corrected chi connectivity index (χ1v) is 7.50. The molecule has 0 spiro atoms. The summed E-state index contributed by atoms with van der Waals surface area (Å²) < 4.78 is 11.5. The SMILES string of the molecule is CCNCc1coc(COc2ccccc2C(C)(C)C)c1. The van der Waals surface area contributed by atoms with Crippen molar-refractivity contribution < 1.29 is 9.15 Å². The van der Waals surface area contributed by atoms with Gasteiger partial charge in [-0.15, -0.1) is 0 Å². The summed E-state index contributed by atoms with van der Waals surface area (Å²) in [4.78, 5) is 0. The minimum atomic E-state index is 0.0654. The molecule has 0 amide bonds. The van der Waals surface area contributed by atoms with Gasteiger partial charge in [-0.2, -0.15) is 0 Å². The fraction of sp³-hybridized carbons (Fsp3) is 0.444. The van der Waals surface area contributed by atoms with Gasteiger partial charge < -0.3 is 14.5 Å². The van der Waals surface area contributed by atoms with Gasteiger partial charge in [-0.1, -0.05) is 45.9 Å². The van der Waals surface area contributed by atoms with Gasteiger partial charge in [0.2, 0.25) is 0 Å². The van der Waals surface area contributed by atoms with E-state index in [1.54, 1.807) is 6.26 Å². The van der Waals surface area contributed by atoms with E-state index in [1.807, 2.05) is 18.2 Å². The molecule has 3 nitrogen and oxygen atoms in total. The number of para-hydroxylation sites is 1. The Morgan fingerprint density at radius 1 is 1.19 bits per heavy atom. The zero-order valence-corrected chi connectivity index (χ0v) is 13.4. The standard InChI is InChI=1S/C18H25NO2/c1-5-19-11-14-10-15(20-12-14)13-21-17-9-7-6-8-16(17)18(2,3)4/h6-10,12,19H,5,11,13H2,1-4H3. The molecule has 0 radical (unpaired) electrons. The maximum absolute atomic E-state index is 5.95. The number of furan rings is 1. The molecule has 3 heteroatoms. The lowest BCUT2D eigenvalue weighted by Crippen LogP contribution is -2.13. The molecule has 0 fully saturated rings. The molecule has 0 atom stereocenters. The molecule has 1 aromatic heterocycles. The molecule has 0 aliphatic carbocycles. The highest BCUT2D eigenvalue weighted by atomic mass is 16.5. The molecule has 2 rings (SSSR count). The summed E-state index contributed by atoms with van der Waals surface area (Å²) in [6.07, 6.45) is 1.79. The third-order valence-electron chi connectivity index (χ3n) is 3.35. The number of rotatable bonds is 6. The van der Waals surface area contributed by atoms with Crippen LogP contribution in [0.2, 0.25) is 0 Å². The highest BCUT2D eigenvalue weighted by Gasteiger charge is 2.18. The van der Waals surface area contributed by atoms with Gasteiger partial charge in [-0.25, -0.2) is 0 Å². The second-order valence-corrected chi connectivity index (χ2v) is 6.24. The summed E-state index contributed by atoms with van der Waals surface area (Å²) in [5.41, 5.74) is 2.43. The van der Waals surface area contributed by atoms with E-state index in [0.29, 0.717) is 6.61 Å². The van der Waals surface area contributed by atoms with Gasteiger partial charge in [0.1, 0.15) is 18.1 Å². The van der Waals surface area contributed by atoms with Crippen LogP contribution < -0.4 is 10.1 Å². The Balaban J connectivity index is 2.02. The van der Waals surface area contributed by atoms with Crippen molar-refractivity contribution >= 4 is 0 Å². The van der Waals surface area contributed by atoms with E-state index in [1.165, 1.54) is 5.56 Å². The molecular weight excluding hydrogens is 262 g/mol. The Labute approximate surface area is 127 Å². The molecule has 0 unspecified atom stereocenters. The molecule has 1 N–H and O–H groups in total. The summed E-state index contributed by atoms with van der Waals surface area (Å²) in [6.45, 7) is 10.9. The summed E-state index contributed by atoms with van der Waals surface area (Å²) in [7, 11) is 0. The van der Waals surface area contributed by atoms with Crippen molar-refractivity contribution in [2.24, 2.45) is 0 Å². The average Bonchev–Trinajstić information content (AvgIpc) is 2.90. The minimum Gasteiger partial charge on any atom is -0.485 e. The minimum absolute atomic E-state index is 0.0654. The van der Waals surface area contributed by atoms with E-state index in [2.05, 4.69) is 45.1 Å². The molecule has 1 heterocycles. The van der Waals surface area contributed by atoms with Crippen LogP contribution in [0.5, 0.6) is 5.75 Å². The van der Waals surface area contributed by atoms with E-state index in [4.69, 9.17) is 9.15 Å². The number of hydrogen-bond donors (Lipinski definition) is 1. The van der Waals surface area contributed by atoms with Crippen LogP contribution in [0, 0.1) is 0 Å². The number of benzene rings is 1. The Hall–Kier alpha value is -1.74. The van der Waals surface area contributed by atoms with Gasteiger partial charge in [0, 0.05) is 12.1 Å². The van der Waals surface area contributed by atoms with Crippen LogP contribution in [-0.4, -0.2) is 6.54 Å². The van der Waals surface area contributed by atoms with Gasteiger partial charge in [-0.3, -0.25) is 0 Å². The lowest BCUT2D eigenvalue weighted by molar-refractivity contribution is 0.264. The van der Waals surface area contributed by atoms with Gasteiger partial charge >= 0.3 is 0 Å². The fourth-order valence-electron chi connectivity index (χ4n) is 2.22. The summed E-state index contributed by atoms with van der Waals surface area (Å²) in [5.74, 6) is 1.78. The Kier molecular flexibility index (Phi) is 5.07. The van der Waals surface area contributed by atoms with Crippen LogP contribution in [0.4, 0.5) is 0 Å². The maximum Gasteiger partial charge on any atom is 0.146 e. The lowest BCUT2D eigenvalue weighted by Gasteiger charge is -2.22. The smallest absolute Gasteiger partial charge is 0.146 e. The molecule has 21 heavy (non-hydrogen) atoms. The largest absolute Gasteiger partial charge is 0.485 e. The molecule has 0 aliphatic heterocycles. The first-order chi connectivity index (χ1) is 10.0. The predicted octanol–water partition coefficient (Wildman–Crippen LogP) is 4.27. The Morgan fingerprint density at radius 3 is 2.67 bits per heavy atom. The highest BCUT2D eigenvalue weighted by molar-refractivity contribution is 5.38. The van der Waals surface area contributed by atoms with Gasteiger partial charge in [0.25, 0.3) is 0 Å². The first-order valence-electron chi connectivity index (χ1n) is 7.50. The second-order valence-electron chi connectivity index (χ2n) is 6.24. The highest BCUT2D eigenvalue weighted by Crippen LogP contribution is 2.31. The molecule has 0 saturated carbocycles. The van der Waals surface area contributed by atoms with Crippen LogP contribution >= 0.6 is 0 Å². The molecular formula is C18H25NO2. The van der Waals surface area contributed by atoms with Crippen molar-refractivity contribution in [1.82, 2.24) is 5.32 Å². The van der Waals surface area contributed by atoms with E-state index in [9.17, 15) is 0 Å². The summed E-state index contributed by atoms with van der Waals surface area (Å²) in [5, 5.41) is 3.28. The molecule has 2 aromatic rings. The third kappa shape index (κ3) is 4.36. The van der Waals surface area contributed by atoms with Gasteiger partial charge in [0.05, 0.1) is 6.26 Å². The van der Waals surface area contributed by atoms with Crippen molar-refractivity contribution in [1.29, 1.82) is 0 Å². The number of nitrogens with one attached hydrogen (secondary N) is 1. The molecule has 1 aromatic carbocycles.